The number of halogens is 2. The molecule has 0 atom stereocenters. The highest BCUT2D eigenvalue weighted by molar-refractivity contribution is 6.31. The van der Waals surface area contributed by atoms with Crippen molar-refractivity contribution in [3.8, 4) is 11.3 Å². The number of hydrogen-bond acceptors (Lipinski definition) is 2. The van der Waals surface area contributed by atoms with Gasteiger partial charge < -0.3 is 5.73 Å². The monoisotopic (exact) mass is 236 g/mol. The van der Waals surface area contributed by atoms with Crippen molar-refractivity contribution in [2.45, 2.75) is 6.54 Å². The number of benzene rings is 1. The van der Waals surface area contributed by atoms with Crippen LogP contribution in [0.2, 0.25) is 5.02 Å². The van der Waals surface area contributed by atoms with Crippen molar-refractivity contribution in [3.05, 3.63) is 52.9 Å². The smallest absolute Gasteiger partial charge is 0.141 e. The van der Waals surface area contributed by atoms with Gasteiger partial charge in [-0.25, -0.2) is 4.39 Å². The summed E-state index contributed by atoms with van der Waals surface area (Å²) in [6.45, 7) is 0.456. The zero-order chi connectivity index (χ0) is 11.5. The summed E-state index contributed by atoms with van der Waals surface area (Å²) in [5.74, 6) is -0.427. The van der Waals surface area contributed by atoms with Gasteiger partial charge >= 0.3 is 0 Å². The largest absolute Gasteiger partial charge is 0.326 e. The van der Waals surface area contributed by atoms with Crippen LogP contribution in [0, 0.1) is 5.82 Å². The third kappa shape index (κ3) is 2.21. The fourth-order valence-electron chi connectivity index (χ4n) is 1.37. The second-order valence-electron chi connectivity index (χ2n) is 3.38. The zero-order valence-corrected chi connectivity index (χ0v) is 9.21. The van der Waals surface area contributed by atoms with Crippen LogP contribution in [-0.4, -0.2) is 4.98 Å². The lowest BCUT2D eigenvalue weighted by molar-refractivity contribution is 0.628. The molecule has 0 unspecified atom stereocenters. The molecule has 0 radical (unpaired) electrons. The molecule has 2 rings (SSSR count). The molecule has 4 heteroatoms. The number of nitrogens with zero attached hydrogens (tertiary/aromatic N) is 1. The van der Waals surface area contributed by atoms with Crippen LogP contribution in [0.4, 0.5) is 4.39 Å². The van der Waals surface area contributed by atoms with Gasteiger partial charge in [-0.15, -0.1) is 0 Å². The predicted octanol–water partition coefficient (Wildman–Crippen LogP) is 3.00. The van der Waals surface area contributed by atoms with E-state index in [-0.39, 0.29) is 5.02 Å². The minimum Gasteiger partial charge on any atom is -0.326 e. The SMILES string of the molecule is NCc1ccc(-c2ccc(F)c(Cl)c2)nc1. The van der Waals surface area contributed by atoms with Crippen LogP contribution < -0.4 is 5.73 Å². The second-order valence-corrected chi connectivity index (χ2v) is 3.79. The highest BCUT2D eigenvalue weighted by atomic mass is 35.5. The Morgan fingerprint density at radius 1 is 1.25 bits per heavy atom. The van der Waals surface area contributed by atoms with Gasteiger partial charge in [-0.3, -0.25) is 4.98 Å². The molecule has 0 aliphatic heterocycles. The predicted molar refractivity (Wildman–Crippen MR) is 62.5 cm³/mol. The van der Waals surface area contributed by atoms with Crippen molar-refractivity contribution in [1.82, 2.24) is 4.98 Å². The van der Waals surface area contributed by atoms with Gasteiger partial charge in [-0.05, 0) is 29.8 Å². The van der Waals surface area contributed by atoms with Crippen LogP contribution >= 0.6 is 11.6 Å². The van der Waals surface area contributed by atoms with Gasteiger partial charge in [0.05, 0.1) is 10.7 Å². The molecule has 0 spiro atoms. The molecule has 0 aliphatic carbocycles. The maximum Gasteiger partial charge on any atom is 0.141 e. The lowest BCUT2D eigenvalue weighted by atomic mass is 10.1. The first-order valence-corrected chi connectivity index (χ1v) is 5.19. The Hall–Kier alpha value is -1.45. The quantitative estimate of drug-likeness (QED) is 0.871. The topological polar surface area (TPSA) is 38.9 Å². The summed E-state index contributed by atoms with van der Waals surface area (Å²) in [6.07, 6.45) is 1.70. The van der Waals surface area contributed by atoms with E-state index in [9.17, 15) is 4.39 Å². The van der Waals surface area contributed by atoms with Gasteiger partial charge in [0.15, 0.2) is 0 Å². The number of hydrogen-bond donors (Lipinski definition) is 1. The molecule has 2 nitrogen and oxygen atoms in total. The number of rotatable bonds is 2. The average Bonchev–Trinajstić information content (AvgIpc) is 2.33. The third-order valence-electron chi connectivity index (χ3n) is 2.28. The van der Waals surface area contributed by atoms with Gasteiger partial charge in [0.1, 0.15) is 5.82 Å². The van der Waals surface area contributed by atoms with Crippen LogP contribution in [0.15, 0.2) is 36.5 Å². The first-order chi connectivity index (χ1) is 7.70. The van der Waals surface area contributed by atoms with Gasteiger partial charge in [0, 0.05) is 18.3 Å². The molecule has 0 bridgehead atoms. The van der Waals surface area contributed by atoms with Crippen LogP contribution in [0.25, 0.3) is 11.3 Å². The van der Waals surface area contributed by atoms with E-state index in [1.165, 1.54) is 6.07 Å². The molecule has 1 heterocycles. The van der Waals surface area contributed by atoms with Crippen molar-refractivity contribution in [2.75, 3.05) is 0 Å². The molecule has 0 aliphatic rings. The van der Waals surface area contributed by atoms with Crippen LogP contribution in [0.1, 0.15) is 5.56 Å². The number of nitrogens with two attached hydrogens (primary N) is 1. The van der Waals surface area contributed by atoms with Crippen LogP contribution in [0.3, 0.4) is 0 Å². The van der Waals surface area contributed by atoms with E-state index in [4.69, 9.17) is 17.3 Å². The minimum atomic E-state index is -0.427. The van der Waals surface area contributed by atoms with E-state index in [1.54, 1.807) is 18.3 Å². The van der Waals surface area contributed by atoms with Gasteiger partial charge in [0.2, 0.25) is 0 Å². The van der Waals surface area contributed by atoms with E-state index in [2.05, 4.69) is 4.98 Å². The van der Waals surface area contributed by atoms with Crippen molar-refractivity contribution in [2.24, 2.45) is 5.73 Å². The summed E-state index contributed by atoms with van der Waals surface area (Å²) in [7, 11) is 0. The maximum absolute atomic E-state index is 13.0. The third-order valence-corrected chi connectivity index (χ3v) is 2.57. The molecular weight excluding hydrogens is 227 g/mol. The normalized spacial score (nSPS) is 10.4. The van der Waals surface area contributed by atoms with E-state index in [0.29, 0.717) is 6.54 Å². The Balaban J connectivity index is 2.38. The molecule has 0 amide bonds. The highest BCUT2D eigenvalue weighted by Gasteiger charge is 2.03. The highest BCUT2D eigenvalue weighted by Crippen LogP contribution is 2.23. The van der Waals surface area contributed by atoms with Gasteiger partial charge in [-0.1, -0.05) is 17.7 Å². The summed E-state index contributed by atoms with van der Waals surface area (Å²) in [5.41, 5.74) is 7.96. The summed E-state index contributed by atoms with van der Waals surface area (Å²) < 4.78 is 13.0. The van der Waals surface area contributed by atoms with E-state index in [1.807, 2.05) is 12.1 Å². The second kappa shape index (κ2) is 4.60. The molecule has 1 aromatic heterocycles. The Kier molecular flexibility index (Phi) is 3.17. The number of aromatic nitrogens is 1. The standard InChI is InChI=1S/C12H10ClFN2/c13-10-5-9(2-3-11(10)14)12-4-1-8(6-15)7-16-12/h1-5,7H,6,15H2. The first kappa shape index (κ1) is 11.0. The average molecular weight is 237 g/mol. The molecule has 2 aromatic rings. The van der Waals surface area contributed by atoms with E-state index >= 15 is 0 Å². The zero-order valence-electron chi connectivity index (χ0n) is 8.45. The summed E-state index contributed by atoms with van der Waals surface area (Å²) in [4.78, 5) is 4.23. The molecule has 1 aromatic carbocycles. The lowest BCUT2D eigenvalue weighted by Crippen LogP contribution is -1.96. The molecular formula is C12H10ClFN2. The first-order valence-electron chi connectivity index (χ1n) is 4.81. The Labute approximate surface area is 97.9 Å². The Morgan fingerprint density at radius 3 is 2.62 bits per heavy atom. The summed E-state index contributed by atoms with van der Waals surface area (Å²) in [5, 5.41) is 0.0993. The fraction of sp³-hybridized carbons (Fsp3) is 0.0833. The van der Waals surface area contributed by atoms with Crippen molar-refractivity contribution < 1.29 is 4.39 Å². The molecule has 0 fully saturated rings. The Morgan fingerprint density at radius 2 is 2.06 bits per heavy atom. The summed E-state index contributed by atoms with van der Waals surface area (Å²) in [6, 6.07) is 8.26. The number of pyridine rings is 1. The van der Waals surface area contributed by atoms with E-state index < -0.39 is 5.82 Å². The molecule has 0 saturated carbocycles. The summed E-state index contributed by atoms with van der Waals surface area (Å²) >= 11 is 5.70. The van der Waals surface area contributed by atoms with Crippen molar-refractivity contribution >= 4 is 11.6 Å². The van der Waals surface area contributed by atoms with Gasteiger partial charge in [0.25, 0.3) is 0 Å². The van der Waals surface area contributed by atoms with E-state index in [0.717, 1.165) is 16.8 Å². The maximum atomic E-state index is 13.0. The Bertz CT molecular complexity index is 497. The minimum absolute atomic E-state index is 0.0993. The van der Waals surface area contributed by atoms with Crippen LogP contribution in [-0.2, 0) is 6.54 Å². The molecule has 0 saturated heterocycles. The van der Waals surface area contributed by atoms with Crippen molar-refractivity contribution in [1.29, 1.82) is 0 Å². The van der Waals surface area contributed by atoms with Crippen LogP contribution in [0.5, 0.6) is 0 Å². The molecule has 82 valence electrons. The fourth-order valence-corrected chi connectivity index (χ4v) is 1.55. The molecule has 2 N–H and O–H groups in total. The van der Waals surface area contributed by atoms with Gasteiger partial charge in [-0.2, -0.15) is 0 Å². The van der Waals surface area contributed by atoms with Crippen molar-refractivity contribution in [3.63, 3.8) is 0 Å². The molecule has 16 heavy (non-hydrogen) atoms. The lowest BCUT2D eigenvalue weighted by Gasteiger charge is -2.03.